The summed E-state index contributed by atoms with van der Waals surface area (Å²) in [7, 11) is -2.28. The van der Waals surface area contributed by atoms with E-state index in [1.807, 2.05) is 19.1 Å². The van der Waals surface area contributed by atoms with Crippen LogP contribution in [0.4, 0.5) is 11.5 Å². The maximum Gasteiger partial charge on any atom is 0.265 e. The van der Waals surface area contributed by atoms with Crippen molar-refractivity contribution >= 4 is 21.5 Å². The number of aromatic nitrogens is 1. The van der Waals surface area contributed by atoms with Crippen molar-refractivity contribution in [2.24, 2.45) is 0 Å². The number of hydrogen-bond acceptors (Lipinski definition) is 5. The van der Waals surface area contributed by atoms with E-state index in [0.717, 1.165) is 24.5 Å². The van der Waals surface area contributed by atoms with E-state index < -0.39 is 10.0 Å². The van der Waals surface area contributed by atoms with Crippen LogP contribution in [0.3, 0.4) is 0 Å². The van der Waals surface area contributed by atoms with E-state index in [9.17, 15) is 8.42 Å². The Bertz CT molecular complexity index is 813. The third kappa shape index (κ3) is 3.46. The number of rotatable bonds is 5. The molecule has 2 heterocycles. The molecule has 1 saturated heterocycles. The Morgan fingerprint density at radius 3 is 2.54 bits per heavy atom. The Labute approximate surface area is 142 Å². The molecule has 0 amide bonds. The van der Waals surface area contributed by atoms with Gasteiger partial charge in [-0.05, 0) is 49.6 Å². The normalized spacial score (nSPS) is 14.7. The van der Waals surface area contributed by atoms with Gasteiger partial charge in [0, 0.05) is 13.1 Å². The lowest BCUT2D eigenvalue weighted by atomic mass is 10.2. The van der Waals surface area contributed by atoms with E-state index in [-0.39, 0.29) is 4.90 Å². The number of methoxy groups -OCH3 is 1. The Morgan fingerprint density at radius 1 is 1.17 bits per heavy atom. The van der Waals surface area contributed by atoms with Gasteiger partial charge >= 0.3 is 0 Å². The molecule has 0 spiro atoms. The smallest absolute Gasteiger partial charge is 0.265 e. The fourth-order valence-corrected chi connectivity index (χ4v) is 4.08. The number of ether oxygens (including phenoxy) is 1. The second-order valence-electron chi connectivity index (χ2n) is 5.86. The molecule has 7 heteroatoms. The predicted octanol–water partition coefficient (Wildman–Crippen LogP) is 2.80. The minimum atomic E-state index is -3.74. The molecule has 0 unspecified atom stereocenters. The number of sulfonamides is 1. The van der Waals surface area contributed by atoms with Crippen molar-refractivity contribution in [2.45, 2.75) is 24.7 Å². The van der Waals surface area contributed by atoms with Gasteiger partial charge in [-0.3, -0.25) is 4.72 Å². The third-order valence-electron chi connectivity index (χ3n) is 4.04. The summed E-state index contributed by atoms with van der Waals surface area (Å²) in [4.78, 5) is 6.68. The first-order valence-corrected chi connectivity index (χ1v) is 9.36. The topological polar surface area (TPSA) is 71.5 Å². The molecule has 0 radical (unpaired) electrons. The molecule has 2 aromatic rings. The van der Waals surface area contributed by atoms with Crippen LogP contribution in [0.15, 0.2) is 41.4 Å². The van der Waals surface area contributed by atoms with Crippen LogP contribution in [0.2, 0.25) is 0 Å². The first-order chi connectivity index (χ1) is 11.5. The van der Waals surface area contributed by atoms with E-state index in [1.165, 1.54) is 20.0 Å². The molecule has 0 bridgehead atoms. The highest BCUT2D eigenvalue weighted by Gasteiger charge is 2.20. The lowest BCUT2D eigenvalue weighted by Crippen LogP contribution is -2.19. The molecule has 128 valence electrons. The zero-order valence-electron chi connectivity index (χ0n) is 13.8. The summed E-state index contributed by atoms with van der Waals surface area (Å²) in [6, 6.07) is 8.63. The van der Waals surface area contributed by atoms with Gasteiger partial charge in [0.1, 0.15) is 16.5 Å². The lowest BCUT2D eigenvalue weighted by Gasteiger charge is -2.17. The fourth-order valence-electron chi connectivity index (χ4n) is 2.78. The molecule has 1 fully saturated rings. The lowest BCUT2D eigenvalue weighted by molar-refractivity contribution is 0.402. The van der Waals surface area contributed by atoms with Crippen LogP contribution >= 0.6 is 0 Å². The molecule has 1 aliphatic heterocycles. The van der Waals surface area contributed by atoms with Crippen LogP contribution in [-0.2, 0) is 10.0 Å². The molecular weight excluding hydrogens is 326 g/mol. The van der Waals surface area contributed by atoms with Gasteiger partial charge in [-0.2, -0.15) is 0 Å². The van der Waals surface area contributed by atoms with Gasteiger partial charge in [0.2, 0.25) is 0 Å². The number of benzene rings is 1. The van der Waals surface area contributed by atoms with Gasteiger partial charge in [0.15, 0.2) is 0 Å². The fraction of sp³-hybridized carbons (Fsp3) is 0.353. The molecule has 0 atom stereocenters. The van der Waals surface area contributed by atoms with Crippen molar-refractivity contribution in [3.63, 3.8) is 0 Å². The molecule has 1 aromatic carbocycles. The van der Waals surface area contributed by atoms with Gasteiger partial charge in [-0.1, -0.05) is 6.07 Å². The zero-order valence-corrected chi connectivity index (χ0v) is 14.6. The Morgan fingerprint density at radius 2 is 1.92 bits per heavy atom. The molecule has 0 saturated carbocycles. The average Bonchev–Trinajstić information content (AvgIpc) is 3.10. The predicted molar refractivity (Wildman–Crippen MR) is 94.2 cm³/mol. The van der Waals surface area contributed by atoms with Crippen molar-refractivity contribution in [3.8, 4) is 5.75 Å². The standard InChI is InChI=1S/C17H21N3O3S/c1-13-5-7-15(23-2)16(11-13)24(21,22)19-14-6-8-17(18-12-14)20-9-3-4-10-20/h5-8,11-12,19H,3-4,9-10H2,1-2H3. The van der Waals surface area contributed by atoms with Gasteiger partial charge in [0.25, 0.3) is 10.0 Å². The summed E-state index contributed by atoms with van der Waals surface area (Å²) in [5, 5.41) is 0. The van der Waals surface area contributed by atoms with Crippen molar-refractivity contribution in [3.05, 3.63) is 42.1 Å². The average molecular weight is 347 g/mol. The summed E-state index contributed by atoms with van der Waals surface area (Å²) < 4.78 is 33.0. The number of nitrogens with one attached hydrogen (secondary N) is 1. The summed E-state index contributed by atoms with van der Waals surface area (Å²) in [6.07, 6.45) is 3.89. The van der Waals surface area contributed by atoms with Crippen LogP contribution < -0.4 is 14.4 Å². The van der Waals surface area contributed by atoms with Gasteiger partial charge in [-0.15, -0.1) is 0 Å². The van der Waals surface area contributed by atoms with E-state index in [2.05, 4.69) is 14.6 Å². The highest BCUT2D eigenvalue weighted by atomic mass is 32.2. The minimum absolute atomic E-state index is 0.119. The first kappa shape index (κ1) is 16.6. The number of anilines is 2. The molecule has 1 N–H and O–H groups in total. The molecule has 0 aliphatic carbocycles. The highest BCUT2D eigenvalue weighted by Crippen LogP contribution is 2.27. The van der Waals surface area contributed by atoms with Crippen molar-refractivity contribution in [1.82, 2.24) is 4.98 Å². The maximum absolute atomic E-state index is 12.6. The Kier molecular flexibility index (Phi) is 4.62. The maximum atomic E-state index is 12.6. The SMILES string of the molecule is COc1ccc(C)cc1S(=O)(=O)Nc1ccc(N2CCCC2)nc1. The summed E-state index contributed by atoms with van der Waals surface area (Å²) in [6.45, 7) is 3.84. The van der Waals surface area contributed by atoms with E-state index >= 15 is 0 Å². The van der Waals surface area contributed by atoms with Crippen molar-refractivity contribution < 1.29 is 13.2 Å². The molecule has 6 nitrogen and oxygen atoms in total. The monoisotopic (exact) mass is 347 g/mol. The van der Waals surface area contributed by atoms with Gasteiger partial charge < -0.3 is 9.64 Å². The summed E-state index contributed by atoms with van der Waals surface area (Å²) >= 11 is 0. The minimum Gasteiger partial charge on any atom is -0.495 e. The molecular formula is C17H21N3O3S. The molecule has 3 rings (SSSR count). The van der Waals surface area contributed by atoms with Crippen LogP contribution in [-0.4, -0.2) is 33.6 Å². The van der Waals surface area contributed by atoms with Crippen LogP contribution in [0, 0.1) is 6.92 Å². The van der Waals surface area contributed by atoms with Crippen molar-refractivity contribution in [2.75, 3.05) is 29.8 Å². The number of pyridine rings is 1. The number of aryl methyl sites for hydroxylation is 1. The van der Waals surface area contributed by atoms with Crippen LogP contribution in [0.5, 0.6) is 5.75 Å². The third-order valence-corrected chi connectivity index (χ3v) is 5.44. The Balaban J connectivity index is 1.83. The highest BCUT2D eigenvalue weighted by molar-refractivity contribution is 7.92. The van der Waals surface area contributed by atoms with Crippen LogP contribution in [0.25, 0.3) is 0 Å². The van der Waals surface area contributed by atoms with E-state index in [4.69, 9.17) is 4.74 Å². The first-order valence-electron chi connectivity index (χ1n) is 7.88. The number of hydrogen-bond donors (Lipinski definition) is 1. The van der Waals surface area contributed by atoms with E-state index in [0.29, 0.717) is 11.4 Å². The molecule has 1 aliphatic rings. The van der Waals surface area contributed by atoms with Crippen molar-refractivity contribution in [1.29, 1.82) is 0 Å². The Hall–Kier alpha value is -2.28. The molecule has 24 heavy (non-hydrogen) atoms. The zero-order chi connectivity index (χ0) is 17.2. The van der Waals surface area contributed by atoms with Gasteiger partial charge in [0.05, 0.1) is 19.0 Å². The van der Waals surface area contributed by atoms with E-state index in [1.54, 1.807) is 24.4 Å². The number of nitrogens with zero attached hydrogens (tertiary/aromatic N) is 2. The van der Waals surface area contributed by atoms with Gasteiger partial charge in [-0.25, -0.2) is 13.4 Å². The molecule has 1 aromatic heterocycles. The largest absolute Gasteiger partial charge is 0.495 e. The summed E-state index contributed by atoms with van der Waals surface area (Å²) in [5.74, 6) is 1.19. The summed E-state index contributed by atoms with van der Waals surface area (Å²) in [5.41, 5.74) is 1.28. The quantitative estimate of drug-likeness (QED) is 0.900. The second-order valence-corrected chi connectivity index (χ2v) is 7.51. The van der Waals surface area contributed by atoms with Crippen LogP contribution in [0.1, 0.15) is 18.4 Å². The second kappa shape index (κ2) is 6.68.